The highest BCUT2D eigenvalue weighted by atomic mass is 16.3. The van der Waals surface area contributed by atoms with Gasteiger partial charge in [-0.15, -0.1) is 0 Å². The van der Waals surface area contributed by atoms with E-state index in [1.165, 1.54) is 32.6 Å². The van der Waals surface area contributed by atoms with Crippen LogP contribution in [0.25, 0.3) is 121 Å². The lowest BCUT2D eigenvalue weighted by Gasteiger charge is -2.15. The fourth-order valence-electron chi connectivity index (χ4n) is 10.5. The van der Waals surface area contributed by atoms with Crippen molar-refractivity contribution >= 4 is 98.4 Å². The highest BCUT2D eigenvalue weighted by molar-refractivity contribution is 6.12. The van der Waals surface area contributed by atoms with Crippen LogP contribution in [0.3, 0.4) is 0 Å². The maximum atomic E-state index is 6.62. The molecule has 0 aliphatic heterocycles. The van der Waals surface area contributed by atoms with Crippen LogP contribution in [0.1, 0.15) is 0 Å². The van der Waals surface area contributed by atoms with E-state index in [-0.39, 0.29) is 0 Å². The van der Waals surface area contributed by atoms with E-state index in [1.807, 2.05) is 0 Å². The molecule has 0 atom stereocenters. The molecule has 14 rings (SSSR count). The van der Waals surface area contributed by atoms with Gasteiger partial charge in [-0.25, -0.2) is 0 Å². The number of aromatic nitrogens is 4. The summed E-state index contributed by atoms with van der Waals surface area (Å²) in [5.74, 6) is 0. The van der Waals surface area contributed by atoms with Crippen LogP contribution in [0.4, 0.5) is 0 Å². The lowest BCUT2D eigenvalue weighted by atomic mass is 10.1. The summed E-state index contributed by atoms with van der Waals surface area (Å²) >= 11 is 0. The molecule has 5 nitrogen and oxygen atoms in total. The highest BCUT2D eigenvalue weighted by Crippen LogP contribution is 2.38. The van der Waals surface area contributed by atoms with Crippen LogP contribution in [0.15, 0.2) is 235 Å². The minimum atomic E-state index is 0.851. The van der Waals surface area contributed by atoms with Crippen LogP contribution < -0.4 is 0 Å². The van der Waals surface area contributed by atoms with Gasteiger partial charge in [-0.05, 0) is 132 Å². The van der Waals surface area contributed by atoms with Crippen molar-refractivity contribution < 1.29 is 4.42 Å². The van der Waals surface area contributed by atoms with E-state index in [0.29, 0.717) is 0 Å². The Kier molecular flexibility index (Phi) is 7.62. The Morgan fingerprint density at radius 3 is 1.12 bits per heavy atom. The summed E-state index contributed by atoms with van der Waals surface area (Å²) in [6.45, 7) is 0. The number of benzene rings is 10. The van der Waals surface area contributed by atoms with Gasteiger partial charge in [0.25, 0.3) is 0 Å². The van der Waals surface area contributed by atoms with Gasteiger partial charge in [-0.1, -0.05) is 109 Å². The van der Waals surface area contributed by atoms with Gasteiger partial charge in [0, 0.05) is 77.1 Å². The Hall–Kier alpha value is -8.80. The molecule has 0 aliphatic rings. The zero-order valence-corrected chi connectivity index (χ0v) is 35.1. The van der Waals surface area contributed by atoms with Crippen molar-refractivity contribution in [1.82, 2.24) is 18.3 Å². The molecule has 10 aromatic carbocycles. The second-order valence-corrected chi connectivity index (χ2v) is 17.0. The first-order valence-electron chi connectivity index (χ1n) is 22.2. The fraction of sp³-hybridized carbons (Fsp3) is 0. The number of fused-ring (bicyclic) bond motifs is 13. The van der Waals surface area contributed by atoms with Gasteiger partial charge in [-0.3, -0.25) is 0 Å². The first-order valence-corrected chi connectivity index (χ1v) is 22.2. The van der Waals surface area contributed by atoms with Crippen LogP contribution in [0.2, 0.25) is 0 Å². The van der Waals surface area contributed by atoms with Crippen LogP contribution in [-0.4, -0.2) is 18.3 Å². The van der Waals surface area contributed by atoms with Gasteiger partial charge < -0.3 is 22.7 Å². The van der Waals surface area contributed by atoms with Crippen molar-refractivity contribution in [3.8, 4) is 22.7 Å². The Labute approximate surface area is 372 Å². The van der Waals surface area contributed by atoms with E-state index in [9.17, 15) is 0 Å². The molecule has 5 heteroatoms. The van der Waals surface area contributed by atoms with Crippen molar-refractivity contribution in [2.45, 2.75) is 0 Å². The third kappa shape index (κ3) is 5.46. The van der Waals surface area contributed by atoms with Gasteiger partial charge in [0.05, 0.1) is 22.1 Å². The monoisotopic (exact) mass is 830 g/mol. The van der Waals surface area contributed by atoms with Crippen molar-refractivity contribution in [3.63, 3.8) is 0 Å². The molecule has 4 aromatic heterocycles. The summed E-state index contributed by atoms with van der Waals surface area (Å²) < 4.78 is 16.2. The average molecular weight is 831 g/mol. The molecule has 0 saturated heterocycles. The topological polar surface area (TPSA) is 32.9 Å². The minimum absolute atomic E-state index is 0.851. The summed E-state index contributed by atoms with van der Waals surface area (Å²) in [5.41, 5.74) is 15.0. The van der Waals surface area contributed by atoms with Gasteiger partial charge in [0.2, 0.25) is 0 Å². The first-order chi connectivity index (χ1) is 32.2. The maximum absolute atomic E-state index is 6.62. The number of hydrogen-bond donors (Lipinski definition) is 0. The molecule has 8 bridgehead atoms. The van der Waals surface area contributed by atoms with E-state index < -0.39 is 0 Å². The van der Waals surface area contributed by atoms with Gasteiger partial charge >= 0.3 is 0 Å². The molecular formula is C60H38N4O. The predicted molar refractivity (Wildman–Crippen MR) is 271 cm³/mol. The maximum Gasteiger partial charge on any atom is 0.135 e. The summed E-state index contributed by atoms with van der Waals surface area (Å²) in [4.78, 5) is 0. The molecule has 0 unspecified atom stereocenters. The van der Waals surface area contributed by atoms with E-state index in [1.54, 1.807) is 0 Å². The molecular weight excluding hydrogens is 793 g/mol. The van der Waals surface area contributed by atoms with Gasteiger partial charge in [0.15, 0.2) is 0 Å². The number of hydrogen-bond acceptors (Lipinski definition) is 1. The van der Waals surface area contributed by atoms with Crippen LogP contribution in [0, 0.1) is 0 Å². The number of nitrogens with zero attached hydrogens (tertiary/aromatic N) is 4. The van der Waals surface area contributed by atoms with E-state index in [4.69, 9.17) is 4.42 Å². The molecule has 0 N–H and O–H groups in total. The predicted octanol–water partition coefficient (Wildman–Crippen LogP) is 15.9. The zero-order valence-electron chi connectivity index (χ0n) is 35.1. The molecule has 0 amide bonds. The first kappa shape index (κ1) is 35.8. The van der Waals surface area contributed by atoms with Gasteiger partial charge in [0.1, 0.15) is 11.2 Å². The van der Waals surface area contributed by atoms with Crippen molar-refractivity contribution in [3.05, 3.63) is 231 Å². The Balaban J connectivity index is 1.08. The quantitative estimate of drug-likeness (QED) is 0.174. The lowest BCUT2D eigenvalue weighted by molar-refractivity contribution is 0.669. The molecule has 65 heavy (non-hydrogen) atoms. The average Bonchev–Trinajstić information content (AvgIpc) is 4.01. The normalized spacial score (nSPS) is 12.0. The van der Waals surface area contributed by atoms with Crippen LogP contribution in [0.5, 0.6) is 0 Å². The summed E-state index contributed by atoms with van der Waals surface area (Å²) in [6.07, 6.45) is 0. The molecule has 14 aromatic rings. The standard InChI is InChI=1S/C60H38N4O/c1-3-15-41(16-4-1)63-55-23-9-7-21-49(55)51-29-25-47(37-57(51)63)61-43-19-11-13-39(33-43)40-14-12-20-44(34-40)62(46-28-32-60-54(36-46)53-35-45(61)27-31-59(53)65-60)48-26-30-52-50-22-8-10-24-56(50)64(58(52)38-48)42-17-5-2-6-18-42/h1-38H. The highest BCUT2D eigenvalue weighted by Gasteiger charge is 2.17. The third-order valence-electron chi connectivity index (χ3n) is 13.4. The fourth-order valence-corrected chi connectivity index (χ4v) is 10.5. The Morgan fingerprint density at radius 1 is 0.231 bits per heavy atom. The largest absolute Gasteiger partial charge is 0.456 e. The number of para-hydroxylation sites is 4. The van der Waals surface area contributed by atoms with Crippen LogP contribution in [-0.2, 0) is 0 Å². The molecule has 0 aliphatic carbocycles. The zero-order chi connectivity index (χ0) is 42.6. The SMILES string of the molecule is c1ccc(-n2c3ccccc3c3ccc(-n4c5cccc(c5)c5cccc(c5)n(-c5ccc6c7ccccc7n(-c7ccccc7)c6c5)c5ccc6oc7ccc4cc7c6c5)cc32)cc1. The van der Waals surface area contributed by atoms with E-state index in [2.05, 4.69) is 249 Å². The second kappa shape index (κ2) is 13.9. The van der Waals surface area contributed by atoms with E-state index in [0.717, 1.165) is 88.6 Å². The smallest absolute Gasteiger partial charge is 0.135 e. The minimum Gasteiger partial charge on any atom is -0.456 e. The Bertz CT molecular complexity index is 4020. The molecule has 0 spiro atoms. The van der Waals surface area contributed by atoms with Crippen molar-refractivity contribution in [2.75, 3.05) is 0 Å². The molecule has 304 valence electrons. The number of rotatable bonds is 4. The molecule has 4 heterocycles. The molecule has 0 radical (unpaired) electrons. The molecule has 0 fully saturated rings. The number of furan rings is 1. The van der Waals surface area contributed by atoms with E-state index >= 15 is 0 Å². The summed E-state index contributed by atoms with van der Waals surface area (Å²) in [6, 6.07) is 83.7. The summed E-state index contributed by atoms with van der Waals surface area (Å²) in [7, 11) is 0. The second-order valence-electron chi connectivity index (χ2n) is 17.0. The lowest BCUT2D eigenvalue weighted by Crippen LogP contribution is -1.99. The molecule has 0 saturated carbocycles. The van der Waals surface area contributed by atoms with Crippen molar-refractivity contribution in [2.24, 2.45) is 0 Å². The van der Waals surface area contributed by atoms with Crippen LogP contribution >= 0.6 is 0 Å². The summed E-state index contributed by atoms with van der Waals surface area (Å²) in [5, 5.41) is 9.28. The van der Waals surface area contributed by atoms with Gasteiger partial charge in [-0.2, -0.15) is 0 Å². The third-order valence-corrected chi connectivity index (χ3v) is 13.4. The Morgan fingerprint density at radius 2 is 0.646 bits per heavy atom. The van der Waals surface area contributed by atoms with Crippen molar-refractivity contribution in [1.29, 1.82) is 0 Å².